The van der Waals surface area contributed by atoms with E-state index in [9.17, 15) is 8.42 Å². The van der Waals surface area contributed by atoms with E-state index in [4.69, 9.17) is 0 Å². The molecule has 132 valence electrons. The number of halogens is 1. The monoisotopic (exact) mass is 427 g/mol. The van der Waals surface area contributed by atoms with Gasteiger partial charge in [0.05, 0.1) is 15.9 Å². The molecule has 0 N–H and O–H groups in total. The summed E-state index contributed by atoms with van der Waals surface area (Å²) in [5.74, 6) is 0. The average molecular weight is 428 g/mol. The highest BCUT2D eigenvalue weighted by atomic mass is 79.9. The van der Waals surface area contributed by atoms with Crippen LogP contribution in [0.4, 0.5) is 0 Å². The lowest BCUT2D eigenvalue weighted by atomic mass is 10.0. The minimum atomic E-state index is -3.72. The third kappa shape index (κ3) is 2.42. The fraction of sp³-hybridized carbons (Fsp3) is 0.143. The van der Waals surface area contributed by atoms with Crippen molar-refractivity contribution in [2.75, 3.05) is 0 Å². The van der Waals surface area contributed by atoms with Crippen molar-refractivity contribution in [3.05, 3.63) is 75.8 Å². The van der Waals surface area contributed by atoms with Gasteiger partial charge in [-0.25, -0.2) is 12.4 Å². The zero-order chi connectivity index (χ0) is 18.6. The molecule has 5 heteroatoms. The molecule has 0 amide bonds. The van der Waals surface area contributed by atoms with E-state index >= 15 is 0 Å². The lowest BCUT2D eigenvalue weighted by Gasteiger charge is -2.12. The molecule has 26 heavy (non-hydrogen) atoms. The van der Waals surface area contributed by atoms with Crippen molar-refractivity contribution in [1.82, 2.24) is 3.97 Å². The summed E-state index contributed by atoms with van der Waals surface area (Å²) in [6.45, 7) is 6.05. The van der Waals surface area contributed by atoms with Crippen molar-refractivity contribution in [2.45, 2.75) is 25.7 Å². The third-order valence-electron chi connectivity index (χ3n) is 4.94. The molecule has 1 aromatic heterocycles. The molecule has 0 saturated heterocycles. The molecule has 4 rings (SSSR count). The molecule has 3 aromatic carbocycles. The molecule has 0 aliphatic rings. The number of fused-ring (bicyclic) bond motifs is 3. The number of hydrogen-bond acceptors (Lipinski definition) is 2. The molecule has 1 heterocycles. The molecular weight excluding hydrogens is 410 g/mol. The van der Waals surface area contributed by atoms with Crippen LogP contribution in [0.1, 0.15) is 16.7 Å². The van der Waals surface area contributed by atoms with Gasteiger partial charge in [0.2, 0.25) is 0 Å². The summed E-state index contributed by atoms with van der Waals surface area (Å²) in [6, 6.07) is 16.5. The van der Waals surface area contributed by atoms with Crippen LogP contribution >= 0.6 is 15.9 Å². The van der Waals surface area contributed by atoms with Crippen LogP contribution in [-0.4, -0.2) is 12.4 Å². The minimum Gasteiger partial charge on any atom is -0.233 e. The Balaban J connectivity index is 2.28. The normalized spacial score (nSPS) is 12.2. The molecule has 0 aliphatic heterocycles. The van der Waals surface area contributed by atoms with E-state index in [1.54, 1.807) is 24.3 Å². The van der Waals surface area contributed by atoms with Gasteiger partial charge in [-0.3, -0.25) is 0 Å². The summed E-state index contributed by atoms with van der Waals surface area (Å²) in [4.78, 5) is 0.292. The summed E-state index contributed by atoms with van der Waals surface area (Å²) >= 11 is 3.52. The van der Waals surface area contributed by atoms with Gasteiger partial charge in [0, 0.05) is 15.2 Å². The summed E-state index contributed by atoms with van der Waals surface area (Å²) in [6.07, 6.45) is 0. The molecule has 4 aromatic rings. The fourth-order valence-electron chi connectivity index (χ4n) is 3.61. The largest absolute Gasteiger partial charge is 0.268 e. The molecule has 3 nitrogen and oxygen atoms in total. The van der Waals surface area contributed by atoms with Crippen molar-refractivity contribution in [3.63, 3.8) is 0 Å². The number of rotatable bonds is 2. The molecular formula is C21H18BrNO2S. The zero-order valence-corrected chi connectivity index (χ0v) is 17.1. The summed E-state index contributed by atoms with van der Waals surface area (Å²) < 4.78 is 29.5. The molecule has 0 saturated carbocycles. The van der Waals surface area contributed by atoms with Gasteiger partial charge >= 0.3 is 0 Å². The Kier molecular flexibility index (Phi) is 3.97. The summed E-state index contributed by atoms with van der Waals surface area (Å²) in [5, 5.41) is 1.93. The predicted molar refractivity (Wildman–Crippen MR) is 110 cm³/mol. The van der Waals surface area contributed by atoms with Gasteiger partial charge < -0.3 is 0 Å². The molecule has 0 bridgehead atoms. The standard InChI is InChI=1S/C21H18BrNO2S/c1-13-11-14(2)20-18-12-16(22)9-10-19(18)23(21(20)15(13)3)26(24,25)17-7-5-4-6-8-17/h4-12H,1-3H3. The van der Waals surface area contributed by atoms with Gasteiger partial charge in [-0.1, -0.05) is 40.2 Å². The highest BCUT2D eigenvalue weighted by molar-refractivity contribution is 9.10. The molecule has 0 aliphatic carbocycles. The predicted octanol–water partition coefficient (Wildman–Crippen LogP) is 5.72. The third-order valence-corrected chi connectivity index (χ3v) is 7.16. The van der Waals surface area contributed by atoms with E-state index in [2.05, 4.69) is 22.0 Å². The Labute approximate surface area is 161 Å². The first-order chi connectivity index (χ1) is 12.3. The maximum atomic E-state index is 13.5. The molecule has 0 spiro atoms. The molecule has 0 atom stereocenters. The second-order valence-electron chi connectivity index (χ2n) is 6.60. The van der Waals surface area contributed by atoms with Gasteiger partial charge in [-0.15, -0.1) is 0 Å². The number of benzene rings is 3. The highest BCUT2D eigenvalue weighted by Gasteiger charge is 2.25. The van der Waals surface area contributed by atoms with E-state index in [1.807, 2.05) is 45.0 Å². The van der Waals surface area contributed by atoms with E-state index < -0.39 is 10.0 Å². The first kappa shape index (κ1) is 17.3. The second kappa shape index (κ2) is 5.96. The van der Waals surface area contributed by atoms with Crippen LogP contribution in [0.25, 0.3) is 21.8 Å². The van der Waals surface area contributed by atoms with Gasteiger partial charge in [0.1, 0.15) is 0 Å². The zero-order valence-electron chi connectivity index (χ0n) is 14.7. The second-order valence-corrected chi connectivity index (χ2v) is 9.31. The van der Waals surface area contributed by atoms with Gasteiger partial charge in [-0.2, -0.15) is 0 Å². The van der Waals surface area contributed by atoms with Crippen molar-refractivity contribution >= 4 is 47.8 Å². The Morgan fingerprint density at radius 3 is 2.27 bits per heavy atom. The first-order valence-electron chi connectivity index (χ1n) is 8.33. The Hall–Kier alpha value is -2.11. The average Bonchev–Trinajstić information content (AvgIpc) is 2.96. The summed E-state index contributed by atoms with van der Waals surface area (Å²) in [5.41, 5.74) is 4.61. The minimum absolute atomic E-state index is 0.292. The lowest BCUT2D eigenvalue weighted by molar-refractivity contribution is 0.590. The van der Waals surface area contributed by atoms with Crippen LogP contribution in [0.2, 0.25) is 0 Å². The Morgan fingerprint density at radius 2 is 1.58 bits per heavy atom. The van der Waals surface area contributed by atoms with E-state index in [1.165, 1.54) is 3.97 Å². The Morgan fingerprint density at radius 1 is 0.885 bits per heavy atom. The maximum Gasteiger partial charge on any atom is 0.268 e. The topological polar surface area (TPSA) is 39.1 Å². The van der Waals surface area contributed by atoms with Crippen LogP contribution in [-0.2, 0) is 10.0 Å². The number of hydrogen-bond donors (Lipinski definition) is 0. The van der Waals surface area contributed by atoms with E-state index in [-0.39, 0.29) is 0 Å². The highest BCUT2D eigenvalue weighted by Crippen LogP contribution is 2.38. The van der Waals surface area contributed by atoms with Crippen molar-refractivity contribution in [1.29, 1.82) is 0 Å². The van der Waals surface area contributed by atoms with Crippen molar-refractivity contribution in [2.24, 2.45) is 0 Å². The smallest absolute Gasteiger partial charge is 0.233 e. The maximum absolute atomic E-state index is 13.5. The molecule has 0 fully saturated rings. The number of nitrogens with zero attached hydrogens (tertiary/aromatic N) is 1. The van der Waals surface area contributed by atoms with Gasteiger partial charge in [0.15, 0.2) is 0 Å². The molecule has 0 unspecified atom stereocenters. The van der Waals surface area contributed by atoms with Crippen LogP contribution in [0.5, 0.6) is 0 Å². The summed E-state index contributed by atoms with van der Waals surface area (Å²) in [7, 11) is -3.72. The van der Waals surface area contributed by atoms with Crippen LogP contribution in [0.15, 0.2) is 64.0 Å². The van der Waals surface area contributed by atoms with Crippen LogP contribution < -0.4 is 0 Å². The SMILES string of the molecule is Cc1cc(C)c2c3cc(Br)ccc3n(S(=O)(=O)c3ccccc3)c2c1C. The van der Waals surface area contributed by atoms with Crippen LogP contribution in [0.3, 0.4) is 0 Å². The Bertz CT molecular complexity index is 1270. The van der Waals surface area contributed by atoms with Gasteiger partial charge in [-0.05, 0) is 67.8 Å². The van der Waals surface area contributed by atoms with Gasteiger partial charge in [0.25, 0.3) is 10.0 Å². The van der Waals surface area contributed by atoms with Crippen molar-refractivity contribution in [3.8, 4) is 0 Å². The van der Waals surface area contributed by atoms with E-state index in [0.29, 0.717) is 10.4 Å². The quantitative estimate of drug-likeness (QED) is 0.410. The fourth-order valence-corrected chi connectivity index (χ4v) is 5.57. The molecule has 0 radical (unpaired) electrons. The number of aryl methyl sites for hydroxylation is 3. The number of aromatic nitrogens is 1. The van der Waals surface area contributed by atoms with Crippen molar-refractivity contribution < 1.29 is 8.42 Å². The lowest BCUT2D eigenvalue weighted by Crippen LogP contribution is -2.13. The van der Waals surface area contributed by atoms with Crippen LogP contribution in [0, 0.1) is 20.8 Å². The van der Waals surface area contributed by atoms with E-state index in [0.717, 1.165) is 37.5 Å². The first-order valence-corrected chi connectivity index (χ1v) is 10.6.